The van der Waals surface area contributed by atoms with E-state index >= 15 is 0 Å². The molecule has 0 saturated heterocycles. The molecule has 5 nitrogen and oxygen atoms in total. The fourth-order valence-electron chi connectivity index (χ4n) is 1.74. The summed E-state index contributed by atoms with van der Waals surface area (Å²) in [6.45, 7) is 2.10. The summed E-state index contributed by atoms with van der Waals surface area (Å²) in [6.07, 6.45) is 5.96. The topological polar surface area (TPSA) is 60.9 Å². The number of rotatable bonds is 4. The molecular weight excluding hydrogens is 218 g/mol. The third-order valence-electron chi connectivity index (χ3n) is 2.89. The molecule has 0 atom stereocenters. The number of carbonyl (C=O) groups excluding carboxylic acids is 1. The second-order valence-electron chi connectivity index (χ2n) is 4.45. The minimum atomic E-state index is 0.0653. The summed E-state index contributed by atoms with van der Waals surface area (Å²) >= 11 is 0. The SMILES string of the molecule is CC(=O)c1ccn(Cc2noc(C3CC3)n2)c1. The van der Waals surface area contributed by atoms with Crippen molar-refractivity contribution in [2.45, 2.75) is 32.2 Å². The number of nitrogens with zero attached hydrogens (tertiary/aromatic N) is 3. The summed E-state index contributed by atoms with van der Waals surface area (Å²) in [5.41, 5.74) is 0.705. The van der Waals surface area contributed by atoms with E-state index in [9.17, 15) is 4.79 Å². The van der Waals surface area contributed by atoms with Crippen molar-refractivity contribution in [2.75, 3.05) is 0 Å². The summed E-state index contributed by atoms with van der Waals surface area (Å²) in [4.78, 5) is 15.5. The molecule has 0 aromatic carbocycles. The van der Waals surface area contributed by atoms with Gasteiger partial charge in [0.25, 0.3) is 0 Å². The summed E-state index contributed by atoms with van der Waals surface area (Å²) in [7, 11) is 0. The molecule has 0 N–H and O–H groups in total. The van der Waals surface area contributed by atoms with Crippen molar-refractivity contribution >= 4 is 5.78 Å². The monoisotopic (exact) mass is 231 g/mol. The van der Waals surface area contributed by atoms with E-state index < -0.39 is 0 Å². The van der Waals surface area contributed by atoms with Gasteiger partial charge in [0.1, 0.15) is 0 Å². The molecular formula is C12H13N3O2. The lowest BCUT2D eigenvalue weighted by Gasteiger charge is -1.95. The number of aromatic nitrogens is 3. The van der Waals surface area contributed by atoms with Crippen molar-refractivity contribution in [3.05, 3.63) is 35.7 Å². The van der Waals surface area contributed by atoms with Crippen LogP contribution < -0.4 is 0 Å². The highest BCUT2D eigenvalue weighted by atomic mass is 16.5. The fraction of sp³-hybridized carbons (Fsp3) is 0.417. The standard InChI is InChI=1S/C12H13N3O2/c1-8(16)10-4-5-15(6-10)7-11-13-12(17-14-11)9-2-3-9/h4-6,9H,2-3,7H2,1H3. The first-order valence-electron chi connectivity index (χ1n) is 5.71. The lowest BCUT2D eigenvalue weighted by molar-refractivity contribution is 0.101. The normalized spacial score (nSPS) is 15.1. The van der Waals surface area contributed by atoms with Crippen molar-refractivity contribution in [3.8, 4) is 0 Å². The van der Waals surface area contributed by atoms with Gasteiger partial charge in [-0.1, -0.05) is 5.16 Å². The maximum atomic E-state index is 11.1. The van der Waals surface area contributed by atoms with Gasteiger partial charge in [-0.15, -0.1) is 0 Å². The van der Waals surface area contributed by atoms with E-state index in [2.05, 4.69) is 10.1 Å². The van der Waals surface area contributed by atoms with Crippen LogP contribution in [-0.2, 0) is 6.54 Å². The molecule has 0 aliphatic heterocycles. The zero-order chi connectivity index (χ0) is 11.8. The highest BCUT2D eigenvalue weighted by Gasteiger charge is 2.29. The van der Waals surface area contributed by atoms with E-state index in [1.165, 1.54) is 0 Å². The Hall–Kier alpha value is -1.91. The average molecular weight is 231 g/mol. The molecule has 2 aromatic heterocycles. The van der Waals surface area contributed by atoms with E-state index in [1.54, 1.807) is 19.2 Å². The van der Waals surface area contributed by atoms with Crippen LogP contribution in [0.4, 0.5) is 0 Å². The first-order valence-corrected chi connectivity index (χ1v) is 5.71. The third kappa shape index (κ3) is 2.13. The van der Waals surface area contributed by atoms with Crippen LogP contribution >= 0.6 is 0 Å². The maximum absolute atomic E-state index is 11.1. The Morgan fingerprint density at radius 1 is 1.59 bits per heavy atom. The first kappa shape index (κ1) is 10.3. The molecule has 0 spiro atoms. The van der Waals surface area contributed by atoms with Crippen LogP contribution in [0, 0.1) is 0 Å². The number of ketones is 1. The molecule has 1 fully saturated rings. The molecule has 17 heavy (non-hydrogen) atoms. The van der Waals surface area contributed by atoms with E-state index in [-0.39, 0.29) is 5.78 Å². The van der Waals surface area contributed by atoms with Gasteiger partial charge in [-0.3, -0.25) is 4.79 Å². The van der Waals surface area contributed by atoms with Crippen LogP contribution in [0.3, 0.4) is 0 Å². The Morgan fingerprint density at radius 3 is 3.06 bits per heavy atom. The smallest absolute Gasteiger partial charge is 0.229 e. The molecule has 1 saturated carbocycles. The lowest BCUT2D eigenvalue weighted by Crippen LogP contribution is -1.99. The third-order valence-corrected chi connectivity index (χ3v) is 2.89. The Kier molecular flexibility index (Phi) is 2.31. The number of hydrogen-bond donors (Lipinski definition) is 0. The number of Topliss-reactive ketones (excluding diaryl/α,β-unsaturated/α-hetero) is 1. The molecule has 1 aliphatic rings. The second-order valence-corrected chi connectivity index (χ2v) is 4.45. The zero-order valence-electron chi connectivity index (χ0n) is 9.59. The summed E-state index contributed by atoms with van der Waals surface area (Å²) in [5, 5.41) is 3.93. The van der Waals surface area contributed by atoms with E-state index in [0.29, 0.717) is 23.9 Å². The molecule has 1 aliphatic carbocycles. The second kappa shape index (κ2) is 3.84. The Balaban J connectivity index is 1.73. The van der Waals surface area contributed by atoms with Crippen LogP contribution in [0.2, 0.25) is 0 Å². The van der Waals surface area contributed by atoms with Crippen LogP contribution in [0.25, 0.3) is 0 Å². The summed E-state index contributed by atoms with van der Waals surface area (Å²) in [6, 6.07) is 1.80. The van der Waals surface area contributed by atoms with E-state index in [0.717, 1.165) is 18.7 Å². The number of hydrogen-bond acceptors (Lipinski definition) is 4. The van der Waals surface area contributed by atoms with Gasteiger partial charge in [0, 0.05) is 23.9 Å². The molecule has 88 valence electrons. The minimum Gasteiger partial charge on any atom is -0.346 e. The van der Waals surface area contributed by atoms with Gasteiger partial charge in [0.15, 0.2) is 11.6 Å². The maximum Gasteiger partial charge on any atom is 0.229 e. The van der Waals surface area contributed by atoms with Gasteiger partial charge in [-0.05, 0) is 25.8 Å². The van der Waals surface area contributed by atoms with E-state index in [4.69, 9.17) is 4.52 Å². The Bertz CT molecular complexity index is 552. The summed E-state index contributed by atoms with van der Waals surface area (Å²) in [5.74, 6) is 1.96. The molecule has 0 unspecified atom stereocenters. The van der Waals surface area contributed by atoms with Gasteiger partial charge in [-0.2, -0.15) is 4.98 Å². The zero-order valence-corrected chi connectivity index (χ0v) is 9.59. The van der Waals surface area contributed by atoms with Crippen molar-refractivity contribution in [1.82, 2.24) is 14.7 Å². The van der Waals surface area contributed by atoms with Gasteiger partial charge in [-0.25, -0.2) is 0 Å². The lowest BCUT2D eigenvalue weighted by atomic mass is 10.2. The van der Waals surface area contributed by atoms with Crippen LogP contribution in [-0.4, -0.2) is 20.5 Å². The van der Waals surface area contributed by atoms with Gasteiger partial charge < -0.3 is 9.09 Å². The van der Waals surface area contributed by atoms with Crippen LogP contribution in [0.15, 0.2) is 23.0 Å². The highest BCUT2D eigenvalue weighted by Crippen LogP contribution is 2.38. The molecule has 2 aromatic rings. The predicted molar refractivity (Wildman–Crippen MR) is 59.8 cm³/mol. The van der Waals surface area contributed by atoms with Gasteiger partial charge in [0.2, 0.25) is 5.89 Å². The Morgan fingerprint density at radius 2 is 2.41 bits per heavy atom. The van der Waals surface area contributed by atoms with Crippen molar-refractivity contribution in [1.29, 1.82) is 0 Å². The van der Waals surface area contributed by atoms with Crippen molar-refractivity contribution in [3.63, 3.8) is 0 Å². The predicted octanol–water partition coefficient (Wildman–Crippen LogP) is 2.00. The largest absolute Gasteiger partial charge is 0.346 e. The molecule has 3 rings (SSSR count). The Labute approximate surface area is 98.4 Å². The number of carbonyl (C=O) groups is 1. The highest BCUT2D eigenvalue weighted by molar-refractivity contribution is 5.93. The molecule has 0 amide bonds. The quantitative estimate of drug-likeness (QED) is 0.755. The van der Waals surface area contributed by atoms with Gasteiger partial charge in [0.05, 0.1) is 6.54 Å². The molecule has 0 bridgehead atoms. The van der Waals surface area contributed by atoms with Crippen LogP contribution in [0.5, 0.6) is 0 Å². The van der Waals surface area contributed by atoms with Gasteiger partial charge >= 0.3 is 0 Å². The van der Waals surface area contributed by atoms with Crippen molar-refractivity contribution in [2.24, 2.45) is 0 Å². The molecule has 2 heterocycles. The van der Waals surface area contributed by atoms with Crippen molar-refractivity contribution < 1.29 is 9.32 Å². The fourth-order valence-corrected chi connectivity index (χ4v) is 1.74. The van der Waals surface area contributed by atoms with Crippen LogP contribution in [0.1, 0.15) is 47.8 Å². The minimum absolute atomic E-state index is 0.0653. The molecule has 5 heteroatoms. The molecule has 0 radical (unpaired) electrons. The average Bonchev–Trinajstić information content (AvgIpc) is 2.87. The summed E-state index contributed by atoms with van der Waals surface area (Å²) < 4.78 is 7.06. The van der Waals surface area contributed by atoms with E-state index in [1.807, 2.05) is 10.8 Å². The first-order chi connectivity index (χ1) is 8.22.